The molecule has 2 aromatic rings. The fourth-order valence-corrected chi connectivity index (χ4v) is 4.19. The van der Waals surface area contributed by atoms with Gasteiger partial charge in [-0.2, -0.15) is 0 Å². The zero-order chi connectivity index (χ0) is 18.3. The lowest BCUT2D eigenvalue weighted by molar-refractivity contribution is -0.114. The Labute approximate surface area is 153 Å². The molecular weight excluding hydrogens is 327 g/mol. The Morgan fingerprint density at radius 3 is 2.73 bits per heavy atom. The van der Waals surface area contributed by atoms with E-state index in [0.29, 0.717) is 5.92 Å². The van der Waals surface area contributed by atoms with Crippen molar-refractivity contribution in [2.75, 3.05) is 25.0 Å². The molecule has 0 N–H and O–H groups in total. The van der Waals surface area contributed by atoms with E-state index in [4.69, 9.17) is 0 Å². The van der Waals surface area contributed by atoms with Gasteiger partial charge in [-0.3, -0.25) is 4.79 Å². The molecule has 26 heavy (non-hydrogen) atoms. The number of carbonyl (C=O) groups excluding carboxylic acids is 1. The molecule has 134 valence electrons. The van der Waals surface area contributed by atoms with Gasteiger partial charge in [-0.05, 0) is 62.3 Å². The van der Waals surface area contributed by atoms with Gasteiger partial charge in [0.05, 0.1) is 0 Å². The summed E-state index contributed by atoms with van der Waals surface area (Å²) in [7, 11) is 2.14. The van der Waals surface area contributed by atoms with Crippen molar-refractivity contribution < 1.29 is 9.18 Å². The molecule has 2 aliphatic heterocycles. The molecule has 1 saturated heterocycles. The summed E-state index contributed by atoms with van der Waals surface area (Å²) in [6, 6.07) is 12.8. The molecule has 0 spiro atoms. The normalized spacial score (nSPS) is 22.5. The van der Waals surface area contributed by atoms with Crippen molar-refractivity contribution in [2.45, 2.75) is 25.3 Å². The molecule has 0 radical (unpaired) electrons. The van der Waals surface area contributed by atoms with E-state index in [1.54, 1.807) is 24.3 Å². The van der Waals surface area contributed by atoms with Crippen LogP contribution < -0.4 is 4.90 Å². The van der Waals surface area contributed by atoms with Crippen LogP contribution in [0.15, 0.2) is 48.5 Å². The molecule has 2 aliphatic rings. The second kappa shape index (κ2) is 6.69. The number of rotatable bonds is 2. The van der Waals surface area contributed by atoms with Gasteiger partial charge in [-0.25, -0.2) is 4.39 Å². The van der Waals surface area contributed by atoms with Gasteiger partial charge >= 0.3 is 0 Å². The maximum absolute atomic E-state index is 13.0. The van der Waals surface area contributed by atoms with Crippen molar-refractivity contribution in [3.05, 3.63) is 71.0 Å². The summed E-state index contributed by atoms with van der Waals surface area (Å²) in [5.74, 6) is 0.0924. The summed E-state index contributed by atoms with van der Waals surface area (Å²) in [6.07, 6.45) is 4.35. The number of benzene rings is 2. The minimum atomic E-state index is -0.272. The number of amides is 1. The molecule has 0 aromatic heterocycles. The number of hydrogen-bond acceptors (Lipinski definition) is 2. The van der Waals surface area contributed by atoms with Crippen LogP contribution in [0.25, 0.3) is 6.08 Å². The highest BCUT2D eigenvalue weighted by atomic mass is 19.1. The van der Waals surface area contributed by atoms with Crippen LogP contribution >= 0.6 is 0 Å². The van der Waals surface area contributed by atoms with Crippen molar-refractivity contribution in [3.63, 3.8) is 0 Å². The molecule has 4 heteroatoms. The Bertz CT molecular complexity index is 859. The number of piperidine rings is 1. The number of aryl methyl sites for hydroxylation is 1. The molecule has 2 atom stereocenters. The van der Waals surface area contributed by atoms with E-state index in [-0.39, 0.29) is 17.8 Å². The maximum Gasteiger partial charge on any atom is 0.251 e. The topological polar surface area (TPSA) is 23.6 Å². The van der Waals surface area contributed by atoms with E-state index < -0.39 is 0 Å². The van der Waals surface area contributed by atoms with Crippen LogP contribution in [0, 0.1) is 12.7 Å². The lowest BCUT2D eigenvalue weighted by Gasteiger charge is -2.36. The number of likely N-dealkylation sites (tertiary alicyclic amines) is 1. The summed E-state index contributed by atoms with van der Waals surface area (Å²) in [5.41, 5.74) is 4.37. The van der Waals surface area contributed by atoms with Crippen LogP contribution in [-0.4, -0.2) is 37.0 Å². The lowest BCUT2D eigenvalue weighted by Crippen LogP contribution is -2.46. The smallest absolute Gasteiger partial charge is 0.251 e. The molecule has 2 aromatic carbocycles. The quantitative estimate of drug-likeness (QED) is 0.765. The SMILES string of the molecule is Cc1ccc2c(c1)C1CN(C)CCC1N2C(=O)C=Cc1ccc(F)cc1. The van der Waals surface area contributed by atoms with Gasteiger partial charge < -0.3 is 9.80 Å². The van der Waals surface area contributed by atoms with Gasteiger partial charge in [0.2, 0.25) is 0 Å². The molecule has 4 rings (SSSR count). The standard InChI is InChI=1S/C22H23FN2O/c1-15-3-9-20-18(13-15)19-14-24(2)12-11-21(19)25(20)22(26)10-6-16-4-7-17(23)8-5-16/h3-10,13,19,21H,11-12,14H2,1-2H3. The summed E-state index contributed by atoms with van der Waals surface area (Å²) < 4.78 is 13.0. The molecule has 0 bridgehead atoms. The zero-order valence-corrected chi connectivity index (χ0v) is 15.2. The number of likely N-dealkylation sites (N-methyl/N-ethyl adjacent to an activating group) is 1. The Morgan fingerprint density at radius 1 is 1.19 bits per heavy atom. The van der Waals surface area contributed by atoms with Gasteiger partial charge in [-0.1, -0.05) is 29.8 Å². The Hall–Kier alpha value is -2.46. The first-order valence-electron chi connectivity index (χ1n) is 9.09. The van der Waals surface area contributed by atoms with Crippen molar-refractivity contribution in [1.82, 2.24) is 4.90 Å². The fourth-order valence-electron chi connectivity index (χ4n) is 4.19. The Kier molecular flexibility index (Phi) is 4.37. The third-order valence-electron chi connectivity index (χ3n) is 5.48. The average Bonchev–Trinajstić information content (AvgIpc) is 2.94. The second-order valence-corrected chi connectivity index (χ2v) is 7.38. The minimum absolute atomic E-state index is 0.00326. The molecular formula is C22H23FN2O. The monoisotopic (exact) mass is 350 g/mol. The predicted octanol–water partition coefficient (Wildman–Crippen LogP) is 3.98. The van der Waals surface area contributed by atoms with Crippen LogP contribution in [0.2, 0.25) is 0 Å². The molecule has 2 heterocycles. The zero-order valence-electron chi connectivity index (χ0n) is 15.2. The highest BCUT2D eigenvalue weighted by molar-refractivity contribution is 6.06. The predicted molar refractivity (Wildman–Crippen MR) is 103 cm³/mol. The number of hydrogen-bond donors (Lipinski definition) is 0. The lowest BCUT2D eigenvalue weighted by atomic mass is 9.89. The number of anilines is 1. The average molecular weight is 350 g/mol. The highest BCUT2D eigenvalue weighted by Gasteiger charge is 2.43. The third kappa shape index (κ3) is 3.06. The molecule has 0 aliphatic carbocycles. The van der Waals surface area contributed by atoms with E-state index in [1.807, 2.05) is 4.90 Å². The third-order valence-corrected chi connectivity index (χ3v) is 5.48. The van der Waals surface area contributed by atoms with E-state index in [0.717, 1.165) is 30.8 Å². The first-order chi connectivity index (χ1) is 12.5. The molecule has 1 amide bonds. The number of nitrogens with zero attached hydrogens (tertiary/aromatic N) is 2. The largest absolute Gasteiger partial charge is 0.306 e. The van der Waals surface area contributed by atoms with Gasteiger partial charge in [0.25, 0.3) is 5.91 Å². The summed E-state index contributed by atoms with van der Waals surface area (Å²) in [4.78, 5) is 17.3. The van der Waals surface area contributed by atoms with Crippen LogP contribution in [0.1, 0.15) is 29.0 Å². The molecule has 3 nitrogen and oxygen atoms in total. The highest BCUT2D eigenvalue weighted by Crippen LogP contribution is 2.45. The van der Waals surface area contributed by atoms with Gasteiger partial charge in [0.15, 0.2) is 0 Å². The second-order valence-electron chi connectivity index (χ2n) is 7.38. The summed E-state index contributed by atoms with van der Waals surface area (Å²) in [5, 5.41) is 0. The van der Waals surface area contributed by atoms with Crippen molar-refractivity contribution >= 4 is 17.7 Å². The van der Waals surface area contributed by atoms with Crippen molar-refractivity contribution in [2.24, 2.45) is 0 Å². The van der Waals surface area contributed by atoms with Crippen LogP contribution in [-0.2, 0) is 4.79 Å². The number of halogens is 1. The molecule has 0 saturated carbocycles. The Morgan fingerprint density at radius 2 is 1.96 bits per heavy atom. The van der Waals surface area contributed by atoms with Crippen molar-refractivity contribution in [1.29, 1.82) is 0 Å². The summed E-state index contributed by atoms with van der Waals surface area (Å²) >= 11 is 0. The first kappa shape index (κ1) is 17.0. The van der Waals surface area contributed by atoms with E-state index in [1.165, 1.54) is 23.3 Å². The van der Waals surface area contributed by atoms with Crippen molar-refractivity contribution in [3.8, 4) is 0 Å². The van der Waals surface area contributed by atoms with E-state index in [2.05, 4.69) is 37.1 Å². The van der Waals surface area contributed by atoms with Crippen LogP contribution in [0.4, 0.5) is 10.1 Å². The van der Waals surface area contributed by atoms with Gasteiger partial charge in [0, 0.05) is 30.3 Å². The fraction of sp³-hybridized carbons (Fsp3) is 0.318. The first-order valence-corrected chi connectivity index (χ1v) is 9.09. The molecule has 2 unspecified atom stereocenters. The van der Waals surface area contributed by atoms with E-state index in [9.17, 15) is 9.18 Å². The van der Waals surface area contributed by atoms with E-state index >= 15 is 0 Å². The number of carbonyl (C=O) groups is 1. The molecule has 1 fully saturated rings. The minimum Gasteiger partial charge on any atom is -0.306 e. The van der Waals surface area contributed by atoms with Crippen LogP contribution in [0.3, 0.4) is 0 Å². The van der Waals surface area contributed by atoms with Gasteiger partial charge in [0.1, 0.15) is 5.82 Å². The maximum atomic E-state index is 13.0. The van der Waals surface area contributed by atoms with Gasteiger partial charge in [-0.15, -0.1) is 0 Å². The summed E-state index contributed by atoms with van der Waals surface area (Å²) in [6.45, 7) is 4.08. The van der Waals surface area contributed by atoms with Crippen LogP contribution in [0.5, 0.6) is 0 Å². The number of fused-ring (bicyclic) bond motifs is 3. The Balaban J connectivity index is 1.64.